The zero-order valence-corrected chi connectivity index (χ0v) is 10.6. The Bertz CT molecular complexity index is 567. The molecule has 0 spiro atoms. The lowest BCUT2D eigenvalue weighted by atomic mass is 10.1. The van der Waals surface area contributed by atoms with Crippen LogP contribution in [0.15, 0.2) is 54.0 Å². The Morgan fingerprint density at radius 3 is 2.68 bits per heavy atom. The quantitative estimate of drug-likeness (QED) is 0.670. The van der Waals surface area contributed by atoms with E-state index in [9.17, 15) is 4.79 Å². The third-order valence-electron chi connectivity index (χ3n) is 2.53. The van der Waals surface area contributed by atoms with Crippen molar-refractivity contribution >= 4 is 11.6 Å². The van der Waals surface area contributed by atoms with Crippen molar-refractivity contribution in [2.24, 2.45) is 5.10 Å². The monoisotopic (exact) mass is 254 g/mol. The Morgan fingerprint density at radius 2 is 2.05 bits per heavy atom. The molecule has 1 aromatic heterocycles. The number of rotatable bonds is 4. The molecule has 0 radical (unpaired) electrons. The number of carbonyl (C=O) groups excluding carboxylic acids is 1. The molecule has 5 nitrogen and oxygen atoms in total. The summed E-state index contributed by atoms with van der Waals surface area (Å²) >= 11 is 0. The number of hydrogen-bond donors (Lipinski definition) is 1. The van der Waals surface area contributed by atoms with E-state index >= 15 is 0 Å². The number of carbonyl (C=O) groups is 1. The van der Waals surface area contributed by atoms with Gasteiger partial charge >= 0.3 is 0 Å². The van der Waals surface area contributed by atoms with Crippen molar-refractivity contribution in [1.29, 1.82) is 0 Å². The van der Waals surface area contributed by atoms with E-state index in [2.05, 4.69) is 20.5 Å². The predicted octanol–water partition coefficient (Wildman–Crippen LogP) is 2.02. The Kier molecular flexibility index (Phi) is 4.34. The van der Waals surface area contributed by atoms with Crippen LogP contribution in [0.4, 0.5) is 0 Å². The smallest absolute Gasteiger partial charge is 0.265 e. The highest BCUT2D eigenvalue weighted by atomic mass is 16.2. The third-order valence-corrected chi connectivity index (χ3v) is 2.53. The first kappa shape index (κ1) is 12.9. The molecule has 1 N–H and O–H groups in total. The van der Waals surface area contributed by atoms with Crippen LogP contribution in [0.3, 0.4) is 0 Å². The molecule has 0 unspecified atom stereocenters. The summed E-state index contributed by atoms with van der Waals surface area (Å²) in [5.74, 6) is -0.366. The molecule has 0 aliphatic carbocycles. The van der Waals surface area contributed by atoms with Crippen LogP contribution < -0.4 is 5.43 Å². The van der Waals surface area contributed by atoms with Crippen molar-refractivity contribution in [2.45, 2.75) is 13.3 Å². The van der Waals surface area contributed by atoms with E-state index in [1.54, 1.807) is 0 Å². The van der Waals surface area contributed by atoms with Crippen molar-refractivity contribution in [3.63, 3.8) is 0 Å². The van der Waals surface area contributed by atoms with Crippen molar-refractivity contribution in [1.82, 2.24) is 15.4 Å². The molecule has 0 bridgehead atoms. The molecule has 2 aromatic rings. The fraction of sp³-hybridized carbons (Fsp3) is 0.143. The Morgan fingerprint density at radius 1 is 1.26 bits per heavy atom. The van der Waals surface area contributed by atoms with Gasteiger partial charge in [0.15, 0.2) is 0 Å². The fourth-order valence-electron chi connectivity index (χ4n) is 1.57. The van der Waals surface area contributed by atoms with Gasteiger partial charge in [-0.05, 0) is 12.0 Å². The van der Waals surface area contributed by atoms with E-state index in [0.29, 0.717) is 0 Å². The summed E-state index contributed by atoms with van der Waals surface area (Å²) in [6.45, 7) is 1.99. The maximum Gasteiger partial charge on any atom is 0.291 e. The highest BCUT2D eigenvalue weighted by Gasteiger charge is 2.06. The van der Waals surface area contributed by atoms with Gasteiger partial charge < -0.3 is 0 Å². The molecule has 0 saturated carbocycles. The van der Waals surface area contributed by atoms with Gasteiger partial charge in [0.05, 0.1) is 11.9 Å². The minimum absolute atomic E-state index is 0.245. The lowest BCUT2D eigenvalue weighted by molar-refractivity contribution is 0.0949. The molecule has 0 saturated heterocycles. The largest absolute Gasteiger partial charge is 0.291 e. The maximum absolute atomic E-state index is 11.8. The van der Waals surface area contributed by atoms with Gasteiger partial charge in [-0.25, -0.2) is 10.4 Å². The Hall–Kier alpha value is -2.56. The standard InChI is InChI=1S/C14H14N4O/c1-2-12(11-6-4-3-5-7-11)17-18-14(19)13-10-15-8-9-16-13/h3-10H,2H2,1H3,(H,18,19). The number of aromatic nitrogens is 2. The maximum atomic E-state index is 11.8. The van der Waals surface area contributed by atoms with Gasteiger partial charge in [0.1, 0.15) is 5.69 Å². The summed E-state index contributed by atoms with van der Waals surface area (Å²) in [6.07, 6.45) is 5.11. The van der Waals surface area contributed by atoms with Crippen LogP contribution in [-0.2, 0) is 0 Å². The first-order chi connectivity index (χ1) is 9.31. The van der Waals surface area contributed by atoms with Crippen LogP contribution in [-0.4, -0.2) is 21.6 Å². The normalized spacial score (nSPS) is 11.1. The molecular weight excluding hydrogens is 240 g/mol. The number of hydrazone groups is 1. The molecule has 0 aliphatic rings. The highest BCUT2D eigenvalue weighted by molar-refractivity contribution is 6.01. The minimum Gasteiger partial charge on any atom is -0.265 e. The van der Waals surface area contributed by atoms with Gasteiger partial charge in [0.25, 0.3) is 5.91 Å². The van der Waals surface area contributed by atoms with E-state index in [-0.39, 0.29) is 11.6 Å². The zero-order chi connectivity index (χ0) is 13.5. The second-order valence-electron chi connectivity index (χ2n) is 3.81. The molecular formula is C14H14N4O. The van der Waals surface area contributed by atoms with Gasteiger partial charge in [0, 0.05) is 12.4 Å². The molecule has 96 valence electrons. The van der Waals surface area contributed by atoms with E-state index in [1.807, 2.05) is 37.3 Å². The molecule has 1 amide bonds. The average Bonchev–Trinajstić information content (AvgIpc) is 2.49. The summed E-state index contributed by atoms with van der Waals surface area (Å²) in [6, 6.07) is 9.72. The third kappa shape index (κ3) is 3.45. The van der Waals surface area contributed by atoms with E-state index in [4.69, 9.17) is 0 Å². The van der Waals surface area contributed by atoms with Gasteiger partial charge in [-0.3, -0.25) is 9.78 Å². The van der Waals surface area contributed by atoms with Crippen LogP contribution in [0.25, 0.3) is 0 Å². The highest BCUT2D eigenvalue weighted by Crippen LogP contribution is 2.03. The van der Waals surface area contributed by atoms with Crippen LogP contribution in [0, 0.1) is 0 Å². The molecule has 1 heterocycles. The molecule has 0 fully saturated rings. The number of nitrogens with zero attached hydrogens (tertiary/aromatic N) is 3. The van der Waals surface area contributed by atoms with Gasteiger partial charge in [-0.15, -0.1) is 0 Å². The van der Waals surface area contributed by atoms with E-state index in [0.717, 1.165) is 17.7 Å². The van der Waals surface area contributed by atoms with Crippen molar-refractivity contribution in [3.05, 3.63) is 60.2 Å². The second kappa shape index (κ2) is 6.39. The fourth-order valence-corrected chi connectivity index (χ4v) is 1.57. The summed E-state index contributed by atoms with van der Waals surface area (Å²) in [7, 11) is 0. The molecule has 1 aromatic carbocycles. The lowest BCUT2D eigenvalue weighted by Crippen LogP contribution is -2.21. The number of nitrogens with one attached hydrogen (secondary N) is 1. The van der Waals surface area contributed by atoms with Gasteiger partial charge in [0.2, 0.25) is 0 Å². The molecule has 5 heteroatoms. The first-order valence-electron chi connectivity index (χ1n) is 5.99. The number of benzene rings is 1. The molecule has 0 aliphatic heterocycles. The van der Waals surface area contributed by atoms with Crippen LogP contribution in [0.1, 0.15) is 29.4 Å². The van der Waals surface area contributed by atoms with E-state index < -0.39 is 0 Å². The zero-order valence-electron chi connectivity index (χ0n) is 10.6. The SMILES string of the molecule is CCC(=NNC(=O)c1cnccn1)c1ccccc1. The second-order valence-corrected chi connectivity index (χ2v) is 3.81. The lowest BCUT2D eigenvalue weighted by Gasteiger charge is -2.04. The summed E-state index contributed by atoms with van der Waals surface area (Å²) < 4.78 is 0. The molecule has 0 atom stereocenters. The summed E-state index contributed by atoms with van der Waals surface area (Å²) in [5.41, 5.74) is 4.55. The number of amides is 1. The van der Waals surface area contributed by atoms with E-state index in [1.165, 1.54) is 18.6 Å². The first-order valence-corrected chi connectivity index (χ1v) is 5.99. The van der Waals surface area contributed by atoms with Crippen LogP contribution >= 0.6 is 0 Å². The van der Waals surface area contributed by atoms with Gasteiger partial charge in [-0.2, -0.15) is 5.10 Å². The summed E-state index contributed by atoms with van der Waals surface area (Å²) in [4.78, 5) is 19.5. The topological polar surface area (TPSA) is 67.2 Å². The molecule has 2 rings (SSSR count). The van der Waals surface area contributed by atoms with Crippen molar-refractivity contribution in [3.8, 4) is 0 Å². The Labute approximate surface area is 111 Å². The van der Waals surface area contributed by atoms with Crippen LogP contribution in [0.2, 0.25) is 0 Å². The molecule has 19 heavy (non-hydrogen) atoms. The van der Waals surface area contributed by atoms with Crippen molar-refractivity contribution < 1.29 is 4.79 Å². The predicted molar refractivity (Wildman–Crippen MR) is 72.8 cm³/mol. The van der Waals surface area contributed by atoms with Gasteiger partial charge in [-0.1, -0.05) is 37.3 Å². The number of hydrogen-bond acceptors (Lipinski definition) is 4. The Balaban J connectivity index is 2.11. The minimum atomic E-state index is -0.366. The van der Waals surface area contributed by atoms with Crippen LogP contribution in [0.5, 0.6) is 0 Å². The average molecular weight is 254 g/mol. The summed E-state index contributed by atoms with van der Waals surface area (Å²) in [5, 5.41) is 4.14. The van der Waals surface area contributed by atoms with Crippen molar-refractivity contribution in [2.75, 3.05) is 0 Å².